The third-order valence-electron chi connectivity index (χ3n) is 6.05. The second kappa shape index (κ2) is 7.38. The average molecular weight is 407 g/mol. The predicted molar refractivity (Wildman–Crippen MR) is 118 cm³/mol. The molecule has 2 aromatic rings. The molecule has 1 heterocycles. The van der Waals surface area contributed by atoms with Gasteiger partial charge in [-0.1, -0.05) is 51.1 Å². The number of hydrogen-bond acceptors (Lipinski definition) is 3. The van der Waals surface area contributed by atoms with Crippen molar-refractivity contribution in [1.29, 1.82) is 0 Å². The van der Waals surface area contributed by atoms with Crippen molar-refractivity contribution in [2.75, 3.05) is 6.54 Å². The molecule has 158 valence electrons. The lowest BCUT2D eigenvalue weighted by Crippen LogP contribution is -2.41. The van der Waals surface area contributed by atoms with Crippen molar-refractivity contribution in [2.45, 2.75) is 59.4 Å². The lowest BCUT2D eigenvalue weighted by Gasteiger charge is -2.24. The molecule has 1 fully saturated rings. The standard InChI is InChI=1S/C25H30N2O3/c1-15-12-17(3)20(13-16(15)2)21(28)14-27-22(29)25(7,26-23(27)30)19-10-8-18(9-11-19)24(4,5)6/h8-13H,14H2,1-7H3,(H,26,30)/t25-/m0/s1. The Bertz CT molecular complexity index is 1030. The van der Waals surface area contributed by atoms with Crippen LogP contribution in [0.1, 0.15) is 65.9 Å². The Morgan fingerprint density at radius 1 is 0.967 bits per heavy atom. The van der Waals surface area contributed by atoms with Crippen LogP contribution in [0, 0.1) is 20.8 Å². The van der Waals surface area contributed by atoms with E-state index in [1.54, 1.807) is 6.92 Å². The zero-order valence-electron chi connectivity index (χ0n) is 18.8. The summed E-state index contributed by atoms with van der Waals surface area (Å²) in [4.78, 5) is 39.7. The summed E-state index contributed by atoms with van der Waals surface area (Å²) in [5.41, 5.74) is 4.14. The van der Waals surface area contributed by atoms with E-state index in [9.17, 15) is 14.4 Å². The fourth-order valence-electron chi connectivity index (χ4n) is 3.83. The summed E-state index contributed by atoms with van der Waals surface area (Å²) < 4.78 is 0. The van der Waals surface area contributed by atoms with E-state index in [4.69, 9.17) is 0 Å². The zero-order chi connectivity index (χ0) is 22.4. The summed E-state index contributed by atoms with van der Waals surface area (Å²) in [5.74, 6) is -0.655. The number of urea groups is 1. The smallest absolute Gasteiger partial charge is 0.319 e. The number of nitrogens with zero attached hydrogens (tertiary/aromatic N) is 1. The highest BCUT2D eigenvalue weighted by molar-refractivity contribution is 6.11. The van der Waals surface area contributed by atoms with Crippen LogP contribution in [0.4, 0.5) is 4.79 Å². The van der Waals surface area contributed by atoms with E-state index >= 15 is 0 Å². The highest BCUT2D eigenvalue weighted by Gasteiger charge is 2.49. The van der Waals surface area contributed by atoms with Crippen LogP contribution in [0.25, 0.3) is 0 Å². The fourth-order valence-corrected chi connectivity index (χ4v) is 3.83. The third-order valence-corrected chi connectivity index (χ3v) is 6.05. The fraction of sp³-hybridized carbons (Fsp3) is 0.400. The number of amides is 3. The molecule has 1 saturated heterocycles. The monoisotopic (exact) mass is 406 g/mol. The second-order valence-corrected chi connectivity index (χ2v) is 9.45. The van der Waals surface area contributed by atoms with Gasteiger partial charge in [0.15, 0.2) is 5.78 Å². The van der Waals surface area contributed by atoms with E-state index in [2.05, 4.69) is 26.1 Å². The van der Waals surface area contributed by atoms with Gasteiger partial charge >= 0.3 is 6.03 Å². The molecule has 1 aliphatic rings. The summed E-state index contributed by atoms with van der Waals surface area (Å²) in [6, 6.07) is 10.9. The van der Waals surface area contributed by atoms with Gasteiger partial charge in [0.2, 0.25) is 0 Å². The highest BCUT2D eigenvalue weighted by atomic mass is 16.2. The lowest BCUT2D eigenvalue weighted by atomic mass is 9.84. The maximum atomic E-state index is 13.2. The van der Waals surface area contributed by atoms with Crippen molar-refractivity contribution in [1.82, 2.24) is 10.2 Å². The number of ketones is 1. The van der Waals surface area contributed by atoms with Crippen LogP contribution in [0.2, 0.25) is 0 Å². The van der Waals surface area contributed by atoms with Crippen LogP contribution in [0.15, 0.2) is 36.4 Å². The number of aryl methyl sites for hydroxylation is 3. The van der Waals surface area contributed by atoms with Gasteiger partial charge in [0.1, 0.15) is 5.54 Å². The topological polar surface area (TPSA) is 66.5 Å². The highest BCUT2D eigenvalue weighted by Crippen LogP contribution is 2.31. The Hall–Kier alpha value is -2.95. The average Bonchev–Trinajstić information content (AvgIpc) is 2.88. The zero-order valence-corrected chi connectivity index (χ0v) is 18.8. The van der Waals surface area contributed by atoms with Gasteiger partial charge < -0.3 is 5.32 Å². The Kier molecular flexibility index (Phi) is 5.35. The Morgan fingerprint density at radius 3 is 2.10 bits per heavy atom. The molecule has 1 atom stereocenters. The first-order valence-corrected chi connectivity index (χ1v) is 10.2. The van der Waals surface area contributed by atoms with E-state index in [0.717, 1.165) is 27.2 Å². The number of carbonyl (C=O) groups excluding carboxylic acids is 3. The molecule has 0 radical (unpaired) electrons. The van der Waals surface area contributed by atoms with E-state index < -0.39 is 17.5 Å². The summed E-state index contributed by atoms with van der Waals surface area (Å²) in [6.07, 6.45) is 0. The molecular weight excluding hydrogens is 376 g/mol. The normalized spacial score (nSPS) is 19.2. The van der Waals surface area contributed by atoms with Gasteiger partial charge in [-0.05, 0) is 67.0 Å². The van der Waals surface area contributed by atoms with Gasteiger partial charge in [-0.3, -0.25) is 14.5 Å². The van der Waals surface area contributed by atoms with Crippen molar-refractivity contribution in [3.8, 4) is 0 Å². The van der Waals surface area contributed by atoms with Crippen LogP contribution in [0.5, 0.6) is 0 Å². The molecule has 0 unspecified atom stereocenters. The van der Waals surface area contributed by atoms with Crippen molar-refractivity contribution < 1.29 is 14.4 Å². The maximum absolute atomic E-state index is 13.2. The van der Waals surface area contributed by atoms with Crippen molar-refractivity contribution in [3.63, 3.8) is 0 Å². The van der Waals surface area contributed by atoms with Gasteiger partial charge in [0.25, 0.3) is 5.91 Å². The first-order valence-electron chi connectivity index (χ1n) is 10.2. The molecular formula is C25H30N2O3. The largest absolute Gasteiger partial charge is 0.325 e. The van der Waals surface area contributed by atoms with E-state index in [1.165, 1.54) is 0 Å². The number of Topliss-reactive ketones (excluding diaryl/α,β-unsaturated/α-hetero) is 1. The Balaban J connectivity index is 1.86. The van der Waals surface area contributed by atoms with Crippen LogP contribution < -0.4 is 5.32 Å². The SMILES string of the molecule is Cc1cc(C)c(C(=O)CN2C(=O)N[C@@](C)(c3ccc(C(C)(C)C)cc3)C2=O)cc1C. The van der Waals surface area contributed by atoms with E-state index in [1.807, 2.05) is 57.2 Å². The molecule has 0 aromatic heterocycles. The molecule has 0 aliphatic carbocycles. The van der Waals surface area contributed by atoms with Gasteiger partial charge in [0, 0.05) is 5.56 Å². The first-order chi connectivity index (χ1) is 13.8. The van der Waals surface area contributed by atoms with Gasteiger partial charge in [-0.2, -0.15) is 0 Å². The summed E-state index contributed by atoms with van der Waals surface area (Å²) in [7, 11) is 0. The molecule has 2 aromatic carbocycles. The van der Waals surface area contributed by atoms with Crippen LogP contribution in [-0.2, 0) is 15.7 Å². The minimum atomic E-state index is -1.19. The number of benzene rings is 2. The predicted octanol–water partition coefficient (Wildman–Crippen LogP) is 4.56. The quantitative estimate of drug-likeness (QED) is 0.598. The molecule has 0 bridgehead atoms. The Labute approximate surface area is 178 Å². The molecule has 0 spiro atoms. The van der Waals surface area contributed by atoms with Gasteiger partial charge in [-0.15, -0.1) is 0 Å². The number of carbonyl (C=O) groups is 3. The van der Waals surface area contributed by atoms with Crippen molar-refractivity contribution in [3.05, 3.63) is 69.8 Å². The molecule has 3 amide bonds. The van der Waals surface area contributed by atoms with Crippen LogP contribution in [0.3, 0.4) is 0 Å². The minimum absolute atomic E-state index is 0.00908. The first kappa shape index (κ1) is 21.8. The summed E-state index contributed by atoms with van der Waals surface area (Å²) in [5, 5.41) is 2.78. The molecule has 5 nitrogen and oxygen atoms in total. The van der Waals surface area contributed by atoms with E-state index in [-0.39, 0.29) is 17.7 Å². The number of hydrogen-bond donors (Lipinski definition) is 1. The van der Waals surface area contributed by atoms with Crippen LogP contribution in [-0.4, -0.2) is 29.2 Å². The Morgan fingerprint density at radius 2 is 1.53 bits per heavy atom. The molecule has 3 rings (SSSR count). The van der Waals surface area contributed by atoms with Gasteiger partial charge in [0.05, 0.1) is 6.54 Å². The molecule has 0 saturated carbocycles. The summed E-state index contributed by atoms with van der Waals surface area (Å²) >= 11 is 0. The number of rotatable bonds is 4. The number of imide groups is 1. The third kappa shape index (κ3) is 3.76. The lowest BCUT2D eigenvalue weighted by molar-refractivity contribution is -0.130. The molecule has 5 heteroatoms. The van der Waals surface area contributed by atoms with E-state index in [0.29, 0.717) is 11.1 Å². The molecule has 30 heavy (non-hydrogen) atoms. The van der Waals surface area contributed by atoms with Crippen molar-refractivity contribution >= 4 is 17.7 Å². The minimum Gasteiger partial charge on any atom is -0.319 e. The second-order valence-electron chi connectivity index (χ2n) is 9.45. The molecule has 1 aliphatic heterocycles. The molecule has 1 N–H and O–H groups in total. The van der Waals surface area contributed by atoms with Gasteiger partial charge in [-0.25, -0.2) is 4.79 Å². The van der Waals surface area contributed by atoms with Crippen molar-refractivity contribution in [2.24, 2.45) is 0 Å². The summed E-state index contributed by atoms with van der Waals surface area (Å²) in [6.45, 7) is 13.6. The van der Waals surface area contributed by atoms with Crippen LogP contribution >= 0.6 is 0 Å². The maximum Gasteiger partial charge on any atom is 0.325 e. The number of nitrogens with one attached hydrogen (secondary N) is 1.